The lowest BCUT2D eigenvalue weighted by atomic mass is 10.2. The first-order chi connectivity index (χ1) is 12.2. The molecule has 0 fully saturated rings. The van der Waals surface area contributed by atoms with Crippen LogP contribution in [0.5, 0.6) is 0 Å². The van der Waals surface area contributed by atoms with E-state index in [0.29, 0.717) is 13.2 Å². The Kier molecular flexibility index (Phi) is 9.17. The zero-order valence-electron chi connectivity index (χ0n) is 15.3. The van der Waals surface area contributed by atoms with E-state index in [4.69, 9.17) is 4.74 Å². The van der Waals surface area contributed by atoms with Crippen molar-refractivity contribution in [3.8, 4) is 0 Å². The maximum absolute atomic E-state index is 5.76. The van der Waals surface area contributed by atoms with Gasteiger partial charge in [0.2, 0.25) is 0 Å². The number of hydrogen-bond acceptors (Lipinski definition) is 2. The largest absolute Gasteiger partial charge is 0.372 e. The average molecular weight is 353 g/mol. The predicted molar refractivity (Wildman–Crippen MR) is 110 cm³/mol. The molecule has 0 atom stereocenters. The SMILES string of the molecule is C/C(=C\CC/C=C(\C)CSc1ccccc1)COCc1ccccc1. The van der Waals surface area contributed by atoms with Crippen LogP contribution in [0.2, 0.25) is 0 Å². The van der Waals surface area contributed by atoms with Gasteiger partial charge in [0.15, 0.2) is 0 Å². The number of unbranched alkanes of at least 4 members (excludes halogenated alkanes) is 1. The molecule has 0 aliphatic heterocycles. The summed E-state index contributed by atoms with van der Waals surface area (Å²) in [6.45, 7) is 5.76. The van der Waals surface area contributed by atoms with Crippen molar-refractivity contribution in [3.63, 3.8) is 0 Å². The highest BCUT2D eigenvalue weighted by Crippen LogP contribution is 2.20. The molecule has 2 rings (SSSR count). The van der Waals surface area contributed by atoms with Crippen molar-refractivity contribution in [2.75, 3.05) is 12.4 Å². The monoisotopic (exact) mass is 352 g/mol. The molecule has 1 nitrogen and oxygen atoms in total. The van der Waals surface area contributed by atoms with E-state index in [9.17, 15) is 0 Å². The fraction of sp³-hybridized carbons (Fsp3) is 0.304. The molecule has 0 amide bonds. The molecule has 0 aliphatic rings. The summed E-state index contributed by atoms with van der Waals surface area (Å²) in [5.74, 6) is 1.06. The fourth-order valence-corrected chi connectivity index (χ4v) is 3.26. The van der Waals surface area contributed by atoms with Crippen molar-refractivity contribution in [2.45, 2.75) is 38.2 Å². The average Bonchev–Trinajstić information content (AvgIpc) is 2.65. The Morgan fingerprint density at radius 1 is 0.840 bits per heavy atom. The number of ether oxygens (including phenoxy) is 1. The predicted octanol–water partition coefficient (Wildman–Crippen LogP) is 6.67. The van der Waals surface area contributed by atoms with Gasteiger partial charge in [0.05, 0.1) is 13.2 Å². The minimum atomic E-state index is 0.682. The minimum absolute atomic E-state index is 0.682. The van der Waals surface area contributed by atoms with Crippen LogP contribution in [0.3, 0.4) is 0 Å². The first-order valence-corrected chi connectivity index (χ1v) is 9.83. The van der Waals surface area contributed by atoms with E-state index in [1.807, 2.05) is 30.0 Å². The van der Waals surface area contributed by atoms with Gasteiger partial charge >= 0.3 is 0 Å². The molecule has 0 saturated heterocycles. The topological polar surface area (TPSA) is 9.23 Å². The second-order valence-corrected chi connectivity index (χ2v) is 7.31. The van der Waals surface area contributed by atoms with Gasteiger partial charge in [-0.15, -0.1) is 11.8 Å². The molecule has 0 heterocycles. The normalized spacial score (nSPS) is 12.4. The maximum atomic E-state index is 5.76. The molecule has 25 heavy (non-hydrogen) atoms. The van der Waals surface area contributed by atoms with Crippen LogP contribution in [-0.4, -0.2) is 12.4 Å². The first kappa shape index (κ1) is 19.6. The van der Waals surface area contributed by atoms with Crippen LogP contribution in [0.1, 0.15) is 32.3 Å². The van der Waals surface area contributed by atoms with Gasteiger partial charge in [0, 0.05) is 10.6 Å². The number of thioether (sulfide) groups is 1. The molecule has 2 heteroatoms. The number of rotatable bonds is 10. The second-order valence-electron chi connectivity index (χ2n) is 6.26. The van der Waals surface area contributed by atoms with Gasteiger partial charge in [-0.25, -0.2) is 0 Å². The van der Waals surface area contributed by atoms with Gasteiger partial charge in [-0.3, -0.25) is 0 Å². The third kappa shape index (κ3) is 8.76. The van der Waals surface area contributed by atoms with Gasteiger partial charge in [-0.1, -0.05) is 71.8 Å². The molecule has 0 unspecified atom stereocenters. The molecule has 0 radical (unpaired) electrons. The quantitative estimate of drug-likeness (QED) is 0.268. The van der Waals surface area contributed by atoms with Gasteiger partial charge < -0.3 is 4.74 Å². The number of benzene rings is 2. The van der Waals surface area contributed by atoms with E-state index >= 15 is 0 Å². The molecule has 132 valence electrons. The van der Waals surface area contributed by atoms with Gasteiger partial charge in [-0.05, 0) is 44.4 Å². The molecule has 0 saturated carbocycles. The van der Waals surface area contributed by atoms with E-state index in [1.165, 1.54) is 21.6 Å². The molecular weight excluding hydrogens is 324 g/mol. The Hall–Kier alpha value is -1.77. The Morgan fingerprint density at radius 2 is 1.44 bits per heavy atom. The van der Waals surface area contributed by atoms with Crippen molar-refractivity contribution >= 4 is 11.8 Å². The van der Waals surface area contributed by atoms with E-state index < -0.39 is 0 Å². The van der Waals surface area contributed by atoms with Crippen LogP contribution in [0, 0.1) is 0 Å². The van der Waals surface area contributed by atoms with Crippen LogP contribution < -0.4 is 0 Å². The summed E-state index contributed by atoms with van der Waals surface area (Å²) in [7, 11) is 0. The summed E-state index contributed by atoms with van der Waals surface area (Å²) >= 11 is 1.90. The highest BCUT2D eigenvalue weighted by atomic mass is 32.2. The lowest BCUT2D eigenvalue weighted by Crippen LogP contribution is -1.96. The van der Waals surface area contributed by atoms with Crippen LogP contribution >= 0.6 is 11.8 Å². The van der Waals surface area contributed by atoms with E-state index in [1.54, 1.807) is 0 Å². The smallest absolute Gasteiger partial charge is 0.0721 e. The van der Waals surface area contributed by atoms with Crippen molar-refractivity contribution in [1.29, 1.82) is 0 Å². The number of allylic oxidation sites excluding steroid dienone is 2. The lowest BCUT2D eigenvalue weighted by Gasteiger charge is -2.05. The van der Waals surface area contributed by atoms with E-state index in [2.05, 4.69) is 68.5 Å². The molecular formula is C23H28OS. The standard InChI is InChI=1S/C23H28OS/c1-20(17-24-18-22-13-5-3-6-14-22)11-9-10-12-21(2)19-25-23-15-7-4-8-16-23/h3-8,11-16H,9-10,17-19H2,1-2H3/b20-11+,21-12+. The molecule has 0 spiro atoms. The number of hydrogen-bond donors (Lipinski definition) is 0. The van der Waals surface area contributed by atoms with Crippen molar-refractivity contribution < 1.29 is 4.74 Å². The Morgan fingerprint density at radius 3 is 2.12 bits per heavy atom. The molecule has 0 aliphatic carbocycles. The fourth-order valence-electron chi connectivity index (χ4n) is 2.40. The molecule has 0 bridgehead atoms. The summed E-state index contributed by atoms with van der Waals surface area (Å²) < 4.78 is 5.76. The Labute approximate surface area is 156 Å². The Balaban J connectivity index is 1.60. The highest BCUT2D eigenvalue weighted by molar-refractivity contribution is 7.99. The van der Waals surface area contributed by atoms with Crippen LogP contribution in [0.4, 0.5) is 0 Å². The molecule has 0 N–H and O–H groups in total. The summed E-state index contributed by atoms with van der Waals surface area (Å²) in [4.78, 5) is 1.33. The van der Waals surface area contributed by atoms with Gasteiger partial charge in [-0.2, -0.15) is 0 Å². The van der Waals surface area contributed by atoms with Crippen LogP contribution in [0.25, 0.3) is 0 Å². The maximum Gasteiger partial charge on any atom is 0.0721 e. The van der Waals surface area contributed by atoms with Crippen molar-refractivity contribution in [3.05, 3.63) is 89.5 Å². The van der Waals surface area contributed by atoms with Crippen molar-refractivity contribution in [1.82, 2.24) is 0 Å². The van der Waals surface area contributed by atoms with E-state index in [0.717, 1.165) is 18.6 Å². The highest BCUT2D eigenvalue weighted by Gasteiger charge is 1.95. The second kappa shape index (κ2) is 11.7. The lowest BCUT2D eigenvalue weighted by molar-refractivity contribution is 0.142. The van der Waals surface area contributed by atoms with Gasteiger partial charge in [0.1, 0.15) is 0 Å². The summed E-state index contributed by atoms with van der Waals surface area (Å²) in [6, 6.07) is 20.9. The third-order valence-corrected chi connectivity index (χ3v) is 5.01. The molecule has 2 aromatic rings. The summed E-state index contributed by atoms with van der Waals surface area (Å²) in [5, 5.41) is 0. The molecule has 0 aromatic heterocycles. The van der Waals surface area contributed by atoms with E-state index in [-0.39, 0.29) is 0 Å². The Bertz CT molecular complexity index is 659. The first-order valence-electron chi connectivity index (χ1n) is 8.85. The van der Waals surface area contributed by atoms with Crippen LogP contribution in [0.15, 0.2) is 88.9 Å². The van der Waals surface area contributed by atoms with Crippen molar-refractivity contribution in [2.24, 2.45) is 0 Å². The zero-order chi connectivity index (χ0) is 17.7. The zero-order valence-corrected chi connectivity index (χ0v) is 16.1. The summed E-state index contributed by atoms with van der Waals surface area (Å²) in [6.07, 6.45) is 6.81. The molecule has 2 aromatic carbocycles. The minimum Gasteiger partial charge on any atom is -0.372 e. The summed E-state index contributed by atoms with van der Waals surface area (Å²) in [5.41, 5.74) is 3.98. The van der Waals surface area contributed by atoms with Crippen LogP contribution in [-0.2, 0) is 11.3 Å². The third-order valence-electron chi connectivity index (χ3n) is 3.80. The van der Waals surface area contributed by atoms with Gasteiger partial charge in [0.25, 0.3) is 0 Å².